The molecule has 0 amide bonds. The maximum atomic E-state index is 11.5. The quantitative estimate of drug-likeness (QED) is 0.364. The first-order chi connectivity index (χ1) is 9.24. The van der Waals surface area contributed by atoms with E-state index in [0.29, 0.717) is 6.42 Å². The molecule has 0 spiro atoms. The maximum absolute atomic E-state index is 11.5. The minimum atomic E-state index is -0.823. The molecule has 2 rings (SSSR count). The Hall–Kier alpha value is -2.52. The van der Waals surface area contributed by atoms with Gasteiger partial charge in [-0.05, 0) is 28.3 Å². The van der Waals surface area contributed by atoms with Gasteiger partial charge < -0.3 is 4.74 Å². The molecule has 0 fully saturated rings. The highest BCUT2D eigenvalue weighted by molar-refractivity contribution is 5.83. The fourth-order valence-electron chi connectivity index (χ4n) is 1.96. The van der Waals surface area contributed by atoms with E-state index in [2.05, 4.69) is 14.8 Å². The molecule has 0 aliphatic carbocycles. The van der Waals surface area contributed by atoms with Gasteiger partial charge in [-0.1, -0.05) is 47.6 Å². The summed E-state index contributed by atoms with van der Waals surface area (Å²) in [4.78, 5) is 14.2. The van der Waals surface area contributed by atoms with Crippen molar-refractivity contribution in [3.8, 4) is 0 Å². The van der Waals surface area contributed by atoms with Gasteiger partial charge in [-0.25, -0.2) is 0 Å². The van der Waals surface area contributed by atoms with Gasteiger partial charge in [0.25, 0.3) is 0 Å². The SMILES string of the molecule is COC(=O)C(Cc1ccc2ccccc2c1)N=[N+]=[N-]. The first kappa shape index (κ1) is 12.9. The van der Waals surface area contributed by atoms with Gasteiger partial charge in [0.05, 0.1) is 7.11 Å². The van der Waals surface area contributed by atoms with Crippen molar-refractivity contribution in [3.05, 3.63) is 58.5 Å². The van der Waals surface area contributed by atoms with Gasteiger partial charge in [-0.2, -0.15) is 0 Å². The fraction of sp³-hybridized carbons (Fsp3) is 0.214. The van der Waals surface area contributed by atoms with Gasteiger partial charge in [0.2, 0.25) is 0 Å². The standard InChI is InChI=1S/C14H13N3O2/c1-19-14(18)13(16-17-15)9-10-6-7-11-4-2-3-5-12(11)8-10/h2-8,13H,9H2,1H3. The average Bonchev–Trinajstić information content (AvgIpc) is 2.46. The molecule has 0 saturated carbocycles. The van der Waals surface area contributed by atoms with Crippen LogP contribution in [0, 0.1) is 0 Å². The Kier molecular flexibility index (Phi) is 4.00. The monoisotopic (exact) mass is 255 g/mol. The summed E-state index contributed by atoms with van der Waals surface area (Å²) in [5.41, 5.74) is 9.41. The molecule has 0 radical (unpaired) electrons. The van der Waals surface area contributed by atoms with Crippen molar-refractivity contribution < 1.29 is 9.53 Å². The summed E-state index contributed by atoms with van der Waals surface area (Å²) in [5, 5.41) is 5.69. The lowest BCUT2D eigenvalue weighted by atomic mass is 10.0. The van der Waals surface area contributed by atoms with E-state index in [1.165, 1.54) is 7.11 Å². The number of nitrogens with zero attached hydrogens (tertiary/aromatic N) is 3. The van der Waals surface area contributed by atoms with Crippen LogP contribution in [0.2, 0.25) is 0 Å². The van der Waals surface area contributed by atoms with Crippen LogP contribution in [-0.2, 0) is 16.0 Å². The summed E-state index contributed by atoms with van der Waals surface area (Å²) in [6.45, 7) is 0. The minimum Gasteiger partial charge on any atom is -0.469 e. The van der Waals surface area contributed by atoms with E-state index in [-0.39, 0.29) is 0 Å². The molecular formula is C14H13N3O2. The topological polar surface area (TPSA) is 75.1 Å². The van der Waals surface area contributed by atoms with E-state index in [1.807, 2.05) is 42.5 Å². The Labute approximate surface area is 110 Å². The Morgan fingerprint density at radius 1 is 1.32 bits per heavy atom. The second-order valence-electron chi connectivity index (χ2n) is 4.13. The highest BCUT2D eigenvalue weighted by atomic mass is 16.5. The zero-order valence-corrected chi connectivity index (χ0v) is 10.5. The van der Waals surface area contributed by atoms with Crippen LogP contribution in [0.1, 0.15) is 5.56 Å². The van der Waals surface area contributed by atoms with Crippen molar-refractivity contribution in [1.29, 1.82) is 0 Å². The second-order valence-corrected chi connectivity index (χ2v) is 4.13. The molecule has 96 valence electrons. The van der Waals surface area contributed by atoms with E-state index >= 15 is 0 Å². The second kappa shape index (κ2) is 5.89. The maximum Gasteiger partial charge on any atom is 0.314 e. The third-order valence-electron chi connectivity index (χ3n) is 2.91. The smallest absolute Gasteiger partial charge is 0.314 e. The molecule has 2 aromatic carbocycles. The van der Waals surface area contributed by atoms with Crippen molar-refractivity contribution >= 4 is 16.7 Å². The lowest BCUT2D eigenvalue weighted by molar-refractivity contribution is -0.142. The van der Waals surface area contributed by atoms with E-state index in [4.69, 9.17) is 5.53 Å². The molecule has 0 saturated heterocycles. The zero-order chi connectivity index (χ0) is 13.7. The third kappa shape index (κ3) is 3.03. The van der Waals surface area contributed by atoms with E-state index in [0.717, 1.165) is 16.3 Å². The Morgan fingerprint density at radius 2 is 2.05 bits per heavy atom. The van der Waals surface area contributed by atoms with Crippen molar-refractivity contribution in [2.75, 3.05) is 7.11 Å². The molecule has 5 heteroatoms. The summed E-state index contributed by atoms with van der Waals surface area (Å²) in [6.07, 6.45) is 0.335. The number of methoxy groups -OCH3 is 1. The minimum absolute atomic E-state index is 0.335. The Balaban J connectivity index is 2.28. The number of fused-ring (bicyclic) bond motifs is 1. The molecule has 0 aliphatic heterocycles. The lowest BCUT2D eigenvalue weighted by Crippen LogP contribution is -2.22. The van der Waals surface area contributed by atoms with Gasteiger partial charge in [0, 0.05) is 4.91 Å². The fourth-order valence-corrected chi connectivity index (χ4v) is 1.96. The summed E-state index contributed by atoms with van der Waals surface area (Å²) in [7, 11) is 1.28. The van der Waals surface area contributed by atoms with Crippen LogP contribution in [0.15, 0.2) is 47.6 Å². The summed E-state index contributed by atoms with van der Waals surface area (Å²) < 4.78 is 4.62. The molecule has 1 atom stereocenters. The van der Waals surface area contributed by atoms with Crippen LogP contribution in [0.25, 0.3) is 21.2 Å². The van der Waals surface area contributed by atoms with Crippen molar-refractivity contribution in [2.45, 2.75) is 12.5 Å². The molecular weight excluding hydrogens is 242 g/mol. The van der Waals surface area contributed by atoms with Crippen LogP contribution < -0.4 is 0 Å². The van der Waals surface area contributed by atoms with Gasteiger partial charge in [0.15, 0.2) is 0 Å². The molecule has 1 unspecified atom stereocenters. The number of azide groups is 1. The van der Waals surface area contributed by atoms with Gasteiger partial charge in [0.1, 0.15) is 6.04 Å². The summed E-state index contributed by atoms with van der Waals surface area (Å²) in [5.74, 6) is -0.522. The number of ether oxygens (including phenoxy) is 1. The zero-order valence-electron chi connectivity index (χ0n) is 10.5. The molecule has 5 nitrogen and oxygen atoms in total. The van der Waals surface area contributed by atoms with Gasteiger partial charge in [-0.15, -0.1) is 0 Å². The Bertz CT molecular complexity index is 648. The van der Waals surface area contributed by atoms with E-state index in [9.17, 15) is 4.79 Å². The number of esters is 1. The summed E-state index contributed by atoms with van der Waals surface area (Å²) >= 11 is 0. The molecule has 0 aliphatic rings. The Morgan fingerprint density at radius 3 is 2.74 bits per heavy atom. The third-order valence-corrected chi connectivity index (χ3v) is 2.91. The van der Waals surface area contributed by atoms with Crippen LogP contribution in [0.4, 0.5) is 0 Å². The molecule has 0 aromatic heterocycles. The number of carbonyl (C=O) groups is 1. The first-order valence-corrected chi connectivity index (χ1v) is 5.84. The van der Waals surface area contributed by atoms with E-state index < -0.39 is 12.0 Å². The highest BCUT2D eigenvalue weighted by Gasteiger charge is 2.17. The number of carbonyl (C=O) groups excluding carboxylic acids is 1. The van der Waals surface area contributed by atoms with Crippen molar-refractivity contribution in [2.24, 2.45) is 5.11 Å². The number of benzene rings is 2. The number of hydrogen-bond donors (Lipinski definition) is 0. The average molecular weight is 255 g/mol. The normalized spacial score (nSPS) is 11.6. The molecule has 2 aromatic rings. The largest absolute Gasteiger partial charge is 0.469 e. The predicted molar refractivity (Wildman–Crippen MR) is 72.6 cm³/mol. The predicted octanol–water partition coefficient (Wildman–Crippen LogP) is 3.23. The lowest BCUT2D eigenvalue weighted by Gasteiger charge is -2.09. The molecule has 0 heterocycles. The molecule has 0 N–H and O–H groups in total. The van der Waals surface area contributed by atoms with Crippen molar-refractivity contribution in [3.63, 3.8) is 0 Å². The van der Waals surface area contributed by atoms with Crippen molar-refractivity contribution in [1.82, 2.24) is 0 Å². The van der Waals surface area contributed by atoms with Crippen LogP contribution in [0.3, 0.4) is 0 Å². The number of hydrogen-bond acceptors (Lipinski definition) is 3. The highest BCUT2D eigenvalue weighted by Crippen LogP contribution is 2.17. The van der Waals surface area contributed by atoms with Crippen LogP contribution in [-0.4, -0.2) is 19.1 Å². The van der Waals surface area contributed by atoms with Gasteiger partial charge >= 0.3 is 5.97 Å². The summed E-state index contributed by atoms with van der Waals surface area (Å²) in [6, 6.07) is 13.0. The van der Waals surface area contributed by atoms with Crippen LogP contribution in [0.5, 0.6) is 0 Å². The molecule has 0 bridgehead atoms. The first-order valence-electron chi connectivity index (χ1n) is 5.84. The number of rotatable bonds is 4. The van der Waals surface area contributed by atoms with E-state index in [1.54, 1.807) is 0 Å². The molecule has 19 heavy (non-hydrogen) atoms. The van der Waals surface area contributed by atoms with Crippen LogP contribution >= 0.6 is 0 Å². The van der Waals surface area contributed by atoms with Gasteiger partial charge in [-0.3, -0.25) is 4.79 Å².